The summed E-state index contributed by atoms with van der Waals surface area (Å²) in [6, 6.07) is 1.84. The highest BCUT2D eigenvalue weighted by Gasteiger charge is 2.24. The molecule has 1 aromatic rings. The number of alkyl halides is 1. The van der Waals surface area contributed by atoms with E-state index in [4.69, 9.17) is 11.6 Å². The van der Waals surface area contributed by atoms with E-state index in [-0.39, 0.29) is 10.9 Å². The van der Waals surface area contributed by atoms with Crippen LogP contribution in [-0.2, 0) is 0 Å². The van der Waals surface area contributed by atoms with Crippen molar-refractivity contribution in [1.82, 2.24) is 9.97 Å². The van der Waals surface area contributed by atoms with Gasteiger partial charge in [0.05, 0.1) is 5.38 Å². The molecular formula is C11H19ClN4. The number of nitrogens with zero attached hydrogens (tertiary/aromatic N) is 3. The molecule has 0 aliphatic heterocycles. The van der Waals surface area contributed by atoms with Crippen molar-refractivity contribution in [1.29, 1.82) is 0 Å². The molecule has 5 heteroatoms. The molecule has 0 saturated carbocycles. The molecule has 0 saturated heterocycles. The summed E-state index contributed by atoms with van der Waals surface area (Å²) in [6.45, 7) is 6.05. The maximum atomic E-state index is 6.11. The fraction of sp³-hybridized carbons (Fsp3) is 0.636. The molecule has 1 atom stereocenters. The van der Waals surface area contributed by atoms with Crippen LogP contribution in [-0.4, -0.2) is 35.0 Å². The lowest BCUT2D eigenvalue weighted by Gasteiger charge is -2.29. The van der Waals surface area contributed by atoms with Gasteiger partial charge in [0.15, 0.2) is 0 Å². The van der Waals surface area contributed by atoms with Crippen LogP contribution in [0.4, 0.5) is 11.8 Å². The summed E-state index contributed by atoms with van der Waals surface area (Å²) in [7, 11) is 3.82. The molecule has 1 unspecified atom stereocenters. The summed E-state index contributed by atoms with van der Waals surface area (Å²) in [5, 5.41) is 3.31. The Morgan fingerprint density at radius 3 is 2.56 bits per heavy atom. The van der Waals surface area contributed by atoms with Gasteiger partial charge in [-0.2, -0.15) is 4.98 Å². The molecule has 0 aromatic carbocycles. The molecule has 16 heavy (non-hydrogen) atoms. The van der Waals surface area contributed by atoms with Crippen LogP contribution in [0.3, 0.4) is 0 Å². The molecule has 0 bridgehead atoms. The first kappa shape index (κ1) is 13.0. The van der Waals surface area contributed by atoms with Gasteiger partial charge in [-0.05, 0) is 26.8 Å². The van der Waals surface area contributed by atoms with Crippen molar-refractivity contribution >= 4 is 23.4 Å². The van der Waals surface area contributed by atoms with Crippen LogP contribution in [0.5, 0.6) is 0 Å². The predicted octanol–water partition coefficient (Wildman–Crippen LogP) is 2.36. The smallest absolute Gasteiger partial charge is 0.226 e. The van der Waals surface area contributed by atoms with E-state index in [0.717, 1.165) is 5.82 Å². The maximum Gasteiger partial charge on any atom is 0.226 e. The second kappa shape index (κ2) is 4.87. The first-order valence-corrected chi connectivity index (χ1v) is 5.69. The van der Waals surface area contributed by atoms with E-state index in [1.54, 1.807) is 6.20 Å². The molecule has 0 radical (unpaired) electrons. The van der Waals surface area contributed by atoms with Crippen molar-refractivity contribution in [2.45, 2.75) is 31.7 Å². The normalized spacial score (nSPS) is 13.4. The number of hydrogen-bond donors (Lipinski definition) is 1. The SMILES string of the molecule is CC(Cl)C(C)(C)Nc1ccnc(N(C)C)n1. The van der Waals surface area contributed by atoms with E-state index in [0.29, 0.717) is 5.95 Å². The summed E-state index contributed by atoms with van der Waals surface area (Å²) in [4.78, 5) is 10.4. The third-order valence-corrected chi connectivity index (χ3v) is 3.03. The molecule has 1 rings (SSSR count). The van der Waals surface area contributed by atoms with E-state index in [9.17, 15) is 0 Å². The highest BCUT2D eigenvalue weighted by atomic mass is 35.5. The van der Waals surface area contributed by atoms with Crippen molar-refractivity contribution in [3.8, 4) is 0 Å². The third-order valence-electron chi connectivity index (χ3n) is 2.49. The molecule has 0 aliphatic carbocycles. The van der Waals surface area contributed by atoms with Gasteiger partial charge in [0.2, 0.25) is 5.95 Å². The van der Waals surface area contributed by atoms with Crippen molar-refractivity contribution < 1.29 is 0 Å². The number of anilines is 2. The van der Waals surface area contributed by atoms with Gasteiger partial charge in [0.1, 0.15) is 5.82 Å². The Labute approximate surface area is 102 Å². The second-order valence-corrected chi connectivity index (χ2v) is 5.25. The average Bonchev–Trinajstić information content (AvgIpc) is 2.17. The summed E-state index contributed by atoms with van der Waals surface area (Å²) in [6.07, 6.45) is 1.74. The topological polar surface area (TPSA) is 41.1 Å². The molecule has 4 nitrogen and oxygen atoms in total. The standard InChI is InChI=1S/C11H19ClN4/c1-8(12)11(2,3)15-9-6-7-13-10(14-9)16(4)5/h6-8H,1-5H3,(H,13,14,15). The Bertz CT molecular complexity index is 350. The van der Waals surface area contributed by atoms with Crippen LogP contribution < -0.4 is 10.2 Å². The van der Waals surface area contributed by atoms with Crippen molar-refractivity contribution in [2.75, 3.05) is 24.3 Å². The molecule has 1 N–H and O–H groups in total. The van der Waals surface area contributed by atoms with Crippen molar-refractivity contribution in [2.24, 2.45) is 0 Å². The molecule has 90 valence electrons. The first-order valence-electron chi connectivity index (χ1n) is 5.25. The number of halogens is 1. The van der Waals surface area contributed by atoms with Gasteiger partial charge in [-0.3, -0.25) is 0 Å². The Balaban J connectivity index is 2.86. The van der Waals surface area contributed by atoms with Crippen LogP contribution >= 0.6 is 11.6 Å². The monoisotopic (exact) mass is 242 g/mol. The van der Waals surface area contributed by atoms with Crippen LogP contribution in [0, 0.1) is 0 Å². The maximum absolute atomic E-state index is 6.11. The molecular weight excluding hydrogens is 224 g/mol. The van der Waals surface area contributed by atoms with Gasteiger partial charge >= 0.3 is 0 Å². The van der Waals surface area contributed by atoms with Gasteiger partial charge in [0, 0.05) is 25.8 Å². The van der Waals surface area contributed by atoms with Gasteiger partial charge in [0.25, 0.3) is 0 Å². The number of rotatable bonds is 4. The first-order chi connectivity index (χ1) is 7.33. The lowest BCUT2D eigenvalue weighted by atomic mass is 10.0. The van der Waals surface area contributed by atoms with Crippen LogP contribution in [0.1, 0.15) is 20.8 Å². The van der Waals surface area contributed by atoms with Gasteiger partial charge in [-0.15, -0.1) is 11.6 Å². The minimum atomic E-state index is -0.209. The quantitative estimate of drug-likeness (QED) is 0.823. The molecule has 0 aliphatic rings. The molecule has 0 amide bonds. The third kappa shape index (κ3) is 3.23. The van der Waals surface area contributed by atoms with E-state index in [1.165, 1.54) is 0 Å². The van der Waals surface area contributed by atoms with E-state index in [2.05, 4.69) is 15.3 Å². The Hall–Kier alpha value is -1.03. The van der Waals surface area contributed by atoms with Gasteiger partial charge < -0.3 is 10.2 Å². The predicted molar refractivity (Wildman–Crippen MR) is 69.4 cm³/mol. The zero-order chi connectivity index (χ0) is 12.3. The minimum absolute atomic E-state index is 0.00488. The highest BCUT2D eigenvalue weighted by Crippen LogP contribution is 2.20. The highest BCUT2D eigenvalue weighted by molar-refractivity contribution is 6.21. The zero-order valence-corrected chi connectivity index (χ0v) is 11.2. The van der Waals surface area contributed by atoms with E-state index in [1.807, 2.05) is 45.8 Å². The largest absolute Gasteiger partial charge is 0.364 e. The lowest BCUT2D eigenvalue weighted by Crippen LogP contribution is -2.39. The fourth-order valence-electron chi connectivity index (χ4n) is 1.06. The van der Waals surface area contributed by atoms with Gasteiger partial charge in [-0.1, -0.05) is 0 Å². The Morgan fingerprint density at radius 2 is 2.06 bits per heavy atom. The number of nitrogens with one attached hydrogen (secondary N) is 1. The zero-order valence-electron chi connectivity index (χ0n) is 10.5. The number of aromatic nitrogens is 2. The van der Waals surface area contributed by atoms with Crippen LogP contribution in [0.15, 0.2) is 12.3 Å². The van der Waals surface area contributed by atoms with Crippen molar-refractivity contribution in [3.63, 3.8) is 0 Å². The van der Waals surface area contributed by atoms with Crippen LogP contribution in [0.2, 0.25) is 0 Å². The van der Waals surface area contributed by atoms with Crippen LogP contribution in [0.25, 0.3) is 0 Å². The van der Waals surface area contributed by atoms with E-state index >= 15 is 0 Å². The summed E-state index contributed by atoms with van der Waals surface area (Å²) in [5.41, 5.74) is -0.209. The summed E-state index contributed by atoms with van der Waals surface area (Å²) in [5.74, 6) is 1.47. The number of hydrogen-bond acceptors (Lipinski definition) is 4. The summed E-state index contributed by atoms with van der Waals surface area (Å²) < 4.78 is 0. The van der Waals surface area contributed by atoms with E-state index < -0.39 is 0 Å². The summed E-state index contributed by atoms with van der Waals surface area (Å²) >= 11 is 6.11. The fourth-order valence-corrected chi connectivity index (χ4v) is 1.12. The lowest BCUT2D eigenvalue weighted by molar-refractivity contribution is 0.552. The molecule has 0 spiro atoms. The molecule has 0 fully saturated rings. The van der Waals surface area contributed by atoms with Gasteiger partial charge in [-0.25, -0.2) is 4.98 Å². The average molecular weight is 243 g/mol. The van der Waals surface area contributed by atoms with Crippen molar-refractivity contribution in [3.05, 3.63) is 12.3 Å². The minimum Gasteiger partial charge on any atom is -0.364 e. The Morgan fingerprint density at radius 1 is 1.44 bits per heavy atom. The Kier molecular flexibility index (Phi) is 3.97. The molecule has 1 aromatic heterocycles. The second-order valence-electron chi connectivity index (χ2n) is 4.60. The molecule has 1 heterocycles.